The topological polar surface area (TPSA) is 88.3 Å². The second-order valence-electron chi connectivity index (χ2n) is 7.34. The van der Waals surface area contributed by atoms with Crippen molar-refractivity contribution < 1.29 is 14.0 Å². The highest BCUT2D eigenvalue weighted by Crippen LogP contribution is 2.33. The Morgan fingerprint density at radius 1 is 1.10 bits per heavy atom. The summed E-state index contributed by atoms with van der Waals surface area (Å²) in [6.45, 7) is 0.544. The molecule has 2 aromatic carbocycles. The number of fused-ring (bicyclic) bond motifs is 2. The number of pyridine rings is 1. The van der Waals surface area contributed by atoms with Gasteiger partial charge in [0.25, 0.3) is 5.91 Å². The molecule has 0 saturated carbocycles. The van der Waals surface area contributed by atoms with E-state index in [2.05, 4.69) is 15.3 Å². The lowest BCUT2D eigenvalue weighted by Gasteiger charge is -2.33. The molecule has 1 N–H and O–H groups in total. The molecule has 0 saturated heterocycles. The minimum absolute atomic E-state index is 0.134. The van der Waals surface area contributed by atoms with Gasteiger partial charge in [0.05, 0.1) is 24.0 Å². The van der Waals surface area contributed by atoms with Crippen molar-refractivity contribution >= 4 is 39.9 Å². The van der Waals surface area contributed by atoms with Crippen LogP contribution in [0.15, 0.2) is 71.9 Å². The SMILES string of the molecule is O=C(Nc1cncc2ccccc12)C1CN(C(=O)c2cnco2)Cc2ccc(Cl)cc21. The van der Waals surface area contributed by atoms with Crippen LogP contribution < -0.4 is 5.32 Å². The normalized spacial score (nSPS) is 15.5. The number of amides is 2. The zero-order valence-electron chi connectivity index (χ0n) is 16.3. The number of carbonyl (C=O) groups is 2. The standard InChI is InChI=1S/C23H17ClN4O3/c24-16-6-5-15-11-28(23(30)21-10-26-13-31-21)12-19(18(15)7-16)22(29)27-20-9-25-8-14-3-1-2-4-17(14)20/h1-10,13,19H,11-12H2,(H,27,29). The van der Waals surface area contributed by atoms with Gasteiger partial charge in [-0.25, -0.2) is 4.98 Å². The fourth-order valence-electron chi connectivity index (χ4n) is 3.92. The molecule has 1 aliphatic rings. The van der Waals surface area contributed by atoms with Crippen LogP contribution in [0, 0.1) is 0 Å². The number of rotatable bonds is 3. The van der Waals surface area contributed by atoms with Gasteiger partial charge in [0.2, 0.25) is 11.7 Å². The van der Waals surface area contributed by atoms with Crippen LogP contribution in [0.25, 0.3) is 10.8 Å². The summed E-state index contributed by atoms with van der Waals surface area (Å²) in [6, 6.07) is 13.1. The first-order chi connectivity index (χ1) is 15.1. The smallest absolute Gasteiger partial charge is 0.291 e. The molecule has 154 valence electrons. The molecular formula is C23H17ClN4O3. The number of anilines is 1. The molecule has 1 aliphatic heterocycles. The van der Waals surface area contributed by atoms with E-state index in [1.807, 2.05) is 30.3 Å². The van der Waals surface area contributed by atoms with E-state index in [4.69, 9.17) is 16.0 Å². The average Bonchev–Trinajstić information content (AvgIpc) is 3.33. The third-order valence-electron chi connectivity index (χ3n) is 5.42. The van der Waals surface area contributed by atoms with Gasteiger partial charge in [-0.3, -0.25) is 14.6 Å². The predicted octanol–water partition coefficient (Wildman–Crippen LogP) is 4.25. The second-order valence-corrected chi connectivity index (χ2v) is 7.78. The molecule has 8 heteroatoms. The molecule has 0 bridgehead atoms. The number of aromatic nitrogens is 2. The third kappa shape index (κ3) is 3.64. The van der Waals surface area contributed by atoms with Crippen LogP contribution >= 0.6 is 11.6 Å². The number of carbonyl (C=O) groups excluding carboxylic acids is 2. The first-order valence-electron chi connectivity index (χ1n) is 9.70. The molecule has 3 heterocycles. The van der Waals surface area contributed by atoms with Crippen molar-refractivity contribution in [3.05, 3.63) is 89.4 Å². The summed E-state index contributed by atoms with van der Waals surface area (Å²) >= 11 is 6.22. The Bertz CT molecular complexity index is 1280. The van der Waals surface area contributed by atoms with Crippen LogP contribution in [0.2, 0.25) is 5.02 Å². The molecule has 7 nitrogen and oxygen atoms in total. The molecule has 2 aromatic heterocycles. The van der Waals surface area contributed by atoms with Crippen LogP contribution in [0.5, 0.6) is 0 Å². The van der Waals surface area contributed by atoms with Crippen molar-refractivity contribution in [3.8, 4) is 0 Å². The van der Waals surface area contributed by atoms with Crippen molar-refractivity contribution in [3.63, 3.8) is 0 Å². The van der Waals surface area contributed by atoms with Gasteiger partial charge in [-0.15, -0.1) is 0 Å². The highest BCUT2D eigenvalue weighted by molar-refractivity contribution is 6.30. The first-order valence-corrected chi connectivity index (χ1v) is 10.1. The summed E-state index contributed by atoms with van der Waals surface area (Å²) < 4.78 is 5.16. The number of hydrogen-bond donors (Lipinski definition) is 1. The number of halogens is 1. The zero-order chi connectivity index (χ0) is 21.4. The summed E-state index contributed by atoms with van der Waals surface area (Å²) in [6.07, 6.45) is 5.96. The van der Waals surface area contributed by atoms with Crippen molar-refractivity contribution in [2.45, 2.75) is 12.5 Å². The molecule has 31 heavy (non-hydrogen) atoms. The van der Waals surface area contributed by atoms with Gasteiger partial charge < -0.3 is 14.6 Å². The molecule has 0 radical (unpaired) electrons. The first kappa shape index (κ1) is 19.3. The lowest BCUT2D eigenvalue weighted by Crippen LogP contribution is -2.42. The molecule has 0 fully saturated rings. The quantitative estimate of drug-likeness (QED) is 0.522. The van der Waals surface area contributed by atoms with Crippen LogP contribution in [0.1, 0.15) is 27.6 Å². The van der Waals surface area contributed by atoms with Crippen LogP contribution in [-0.4, -0.2) is 33.2 Å². The largest absolute Gasteiger partial charge is 0.438 e. The summed E-state index contributed by atoms with van der Waals surface area (Å²) in [5, 5.41) is 5.35. The van der Waals surface area contributed by atoms with Crippen molar-refractivity contribution in [1.82, 2.24) is 14.9 Å². The summed E-state index contributed by atoms with van der Waals surface area (Å²) in [5.41, 5.74) is 2.28. The van der Waals surface area contributed by atoms with Crippen molar-refractivity contribution in [2.24, 2.45) is 0 Å². The van der Waals surface area contributed by atoms with Gasteiger partial charge in [0.15, 0.2) is 6.39 Å². The summed E-state index contributed by atoms with van der Waals surface area (Å²) in [4.78, 5) is 35.9. The highest BCUT2D eigenvalue weighted by atomic mass is 35.5. The van der Waals surface area contributed by atoms with Gasteiger partial charge in [-0.1, -0.05) is 41.9 Å². The maximum Gasteiger partial charge on any atom is 0.291 e. The van der Waals surface area contributed by atoms with Crippen molar-refractivity contribution in [2.75, 3.05) is 11.9 Å². The third-order valence-corrected chi connectivity index (χ3v) is 5.66. The van der Waals surface area contributed by atoms with E-state index in [0.717, 1.165) is 21.9 Å². The lowest BCUT2D eigenvalue weighted by molar-refractivity contribution is -0.118. The Morgan fingerprint density at radius 3 is 2.81 bits per heavy atom. The van der Waals surface area contributed by atoms with E-state index in [0.29, 0.717) is 17.3 Å². The zero-order valence-corrected chi connectivity index (χ0v) is 17.0. The van der Waals surface area contributed by atoms with E-state index >= 15 is 0 Å². The second kappa shape index (κ2) is 7.85. The van der Waals surface area contributed by atoms with Gasteiger partial charge in [-0.2, -0.15) is 0 Å². The van der Waals surface area contributed by atoms with Crippen LogP contribution in [0.4, 0.5) is 5.69 Å². The van der Waals surface area contributed by atoms with Crippen LogP contribution in [-0.2, 0) is 11.3 Å². The van der Waals surface area contributed by atoms with E-state index in [1.54, 1.807) is 29.4 Å². The molecule has 1 unspecified atom stereocenters. The molecule has 2 amide bonds. The van der Waals surface area contributed by atoms with Crippen LogP contribution in [0.3, 0.4) is 0 Å². The van der Waals surface area contributed by atoms with E-state index in [1.165, 1.54) is 12.6 Å². The maximum atomic E-state index is 13.4. The number of benzene rings is 2. The summed E-state index contributed by atoms with van der Waals surface area (Å²) in [5.74, 6) is -1.03. The Kier molecular flexibility index (Phi) is 4.88. The number of nitrogens with one attached hydrogen (secondary N) is 1. The van der Waals surface area contributed by atoms with Gasteiger partial charge >= 0.3 is 0 Å². The minimum Gasteiger partial charge on any atom is -0.438 e. The Balaban J connectivity index is 1.49. The fourth-order valence-corrected chi connectivity index (χ4v) is 4.10. The fraction of sp³-hybridized carbons (Fsp3) is 0.130. The molecular weight excluding hydrogens is 416 g/mol. The molecule has 0 aliphatic carbocycles. The average molecular weight is 433 g/mol. The molecule has 0 spiro atoms. The van der Waals surface area contributed by atoms with E-state index in [9.17, 15) is 9.59 Å². The van der Waals surface area contributed by atoms with E-state index in [-0.39, 0.29) is 24.1 Å². The lowest BCUT2D eigenvalue weighted by atomic mass is 9.88. The monoisotopic (exact) mass is 432 g/mol. The Labute approximate surface area is 182 Å². The predicted molar refractivity (Wildman–Crippen MR) is 116 cm³/mol. The highest BCUT2D eigenvalue weighted by Gasteiger charge is 2.34. The molecule has 1 atom stereocenters. The summed E-state index contributed by atoms with van der Waals surface area (Å²) in [7, 11) is 0. The Hall–Kier alpha value is -3.71. The van der Waals surface area contributed by atoms with Crippen molar-refractivity contribution in [1.29, 1.82) is 0 Å². The maximum absolute atomic E-state index is 13.4. The van der Waals surface area contributed by atoms with E-state index < -0.39 is 5.92 Å². The number of hydrogen-bond acceptors (Lipinski definition) is 5. The van der Waals surface area contributed by atoms with Gasteiger partial charge in [-0.05, 0) is 23.3 Å². The van der Waals surface area contributed by atoms with Gasteiger partial charge in [0.1, 0.15) is 0 Å². The number of nitrogens with zero attached hydrogens (tertiary/aromatic N) is 3. The number of oxazole rings is 1. The molecule has 5 rings (SSSR count). The minimum atomic E-state index is -0.603. The Morgan fingerprint density at radius 2 is 1.97 bits per heavy atom. The molecule has 4 aromatic rings. The van der Waals surface area contributed by atoms with Gasteiger partial charge in [0, 0.05) is 35.1 Å².